The quantitative estimate of drug-likeness (QED) is 0.434. The highest BCUT2D eigenvalue weighted by Gasteiger charge is 2.18. The summed E-state index contributed by atoms with van der Waals surface area (Å²) in [5.41, 5.74) is 0.212. The average Bonchev–Trinajstić information content (AvgIpc) is 2.34. The third kappa shape index (κ3) is 2.44. The van der Waals surface area contributed by atoms with E-state index in [1.54, 1.807) is 12.1 Å². The molecule has 1 rings (SSSR count). The maximum absolute atomic E-state index is 11.5. The first-order chi connectivity index (χ1) is 7.74. The summed E-state index contributed by atoms with van der Waals surface area (Å²) in [6.45, 7) is 3.25. The predicted octanol–water partition coefficient (Wildman–Crippen LogP) is 1.94. The molecule has 5 heteroatoms. The predicted molar refractivity (Wildman–Crippen MR) is 56.2 cm³/mol. The number of benzene rings is 1. The molecule has 1 aromatic carbocycles. The van der Waals surface area contributed by atoms with Crippen LogP contribution in [0.4, 0.5) is 0 Å². The molecule has 86 valence electrons. The van der Waals surface area contributed by atoms with Gasteiger partial charge in [0, 0.05) is 0 Å². The van der Waals surface area contributed by atoms with Crippen molar-refractivity contribution in [2.45, 2.75) is 0 Å². The van der Waals surface area contributed by atoms with E-state index in [0.29, 0.717) is 11.5 Å². The second-order valence-corrected chi connectivity index (χ2v) is 2.67. The summed E-state index contributed by atoms with van der Waals surface area (Å²) in [6, 6.07) is 4.85. The molecule has 1 aromatic rings. The van der Waals surface area contributed by atoms with Crippen LogP contribution < -0.4 is 9.47 Å². The molecule has 0 bridgehead atoms. The minimum absolute atomic E-state index is 0.212. The van der Waals surface area contributed by atoms with Gasteiger partial charge in [-0.2, -0.15) is 0 Å². The Morgan fingerprint density at radius 1 is 1.31 bits per heavy atom. The smallest absolute Gasteiger partial charge is 0.390 e. The molecule has 0 spiro atoms. The van der Waals surface area contributed by atoms with E-state index in [1.807, 2.05) is 0 Å². The number of methoxy groups -OCH3 is 2. The summed E-state index contributed by atoms with van der Waals surface area (Å²) in [5.74, 6) is 0.0499. The minimum Gasteiger partial charge on any atom is -0.493 e. The van der Waals surface area contributed by atoms with Gasteiger partial charge in [0.25, 0.3) is 0 Å². The SMILES string of the molecule is C=COOC(=O)c1cccc(OC)c1OC. The molecule has 0 radical (unpaired) electrons. The van der Waals surface area contributed by atoms with Crippen molar-refractivity contribution in [3.8, 4) is 11.5 Å². The third-order valence-corrected chi connectivity index (χ3v) is 1.81. The molecule has 0 saturated carbocycles. The van der Waals surface area contributed by atoms with E-state index < -0.39 is 5.97 Å². The second kappa shape index (κ2) is 5.65. The molecule has 0 aromatic heterocycles. The van der Waals surface area contributed by atoms with Gasteiger partial charge in [-0.05, 0) is 12.1 Å². The Hall–Kier alpha value is -2.17. The average molecular weight is 224 g/mol. The minimum atomic E-state index is -0.685. The van der Waals surface area contributed by atoms with Crippen LogP contribution in [0.15, 0.2) is 31.0 Å². The number of hydrogen-bond acceptors (Lipinski definition) is 5. The highest BCUT2D eigenvalue weighted by Crippen LogP contribution is 2.31. The lowest BCUT2D eigenvalue weighted by atomic mass is 10.2. The summed E-state index contributed by atoms with van der Waals surface area (Å²) in [6.07, 6.45) is 1.00. The third-order valence-electron chi connectivity index (χ3n) is 1.81. The molecule has 0 fully saturated rings. The summed E-state index contributed by atoms with van der Waals surface area (Å²) in [5, 5.41) is 0. The Bertz CT molecular complexity index is 386. The molecular formula is C11H12O5. The molecule has 0 atom stereocenters. The fraction of sp³-hybridized carbons (Fsp3) is 0.182. The second-order valence-electron chi connectivity index (χ2n) is 2.67. The van der Waals surface area contributed by atoms with Crippen LogP contribution in [0, 0.1) is 0 Å². The number of hydrogen-bond donors (Lipinski definition) is 0. The van der Waals surface area contributed by atoms with Gasteiger partial charge in [-0.1, -0.05) is 12.6 Å². The molecule has 0 aliphatic carbocycles. The van der Waals surface area contributed by atoms with Gasteiger partial charge >= 0.3 is 5.97 Å². The van der Waals surface area contributed by atoms with Gasteiger partial charge < -0.3 is 9.47 Å². The largest absolute Gasteiger partial charge is 0.493 e. The molecule has 0 amide bonds. The lowest BCUT2D eigenvalue weighted by Crippen LogP contribution is -2.06. The van der Waals surface area contributed by atoms with Crippen molar-refractivity contribution < 1.29 is 24.0 Å². The Kier molecular flexibility index (Phi) is 4.20. The van der Waals surface area contributed by atoms with Gasteiger partial charge in [0.05, 0.1) is 14.2 Å². The zero-order valence-electron chi connectivity index (χ0n) is 9.06. The van der Waals surface area contributed by atoms with Crippen molar-refractivity contribution in [3.05, 3.63) is 36.6 Å². The molecule has 0 unspecified atom stereocenters. The molecule has 0 aliphatic rings. The van der Waals surface area contributed by atoms with Crippen molar-refractivity contribution >= 4 is 5.97 Å². The highest BCUT2D eigenvalue weighted by molar-refractivity contribution is 5.93. The molecule has 0 saturated heterocycles. The summed E-state index contributed by atoms with van der Waals surface area (Å²) < 4.78 is 10.1. The van der Waals surface area contributed by atoms with Crippen LogP contribution in [0.5, 0.6) is 11.5 Å². The first-order valence-corrected chi connectivity index (χ1v) is 4.44. The van der Waals surface area contributed by atoms with Gasteiger partial charge in [-0.15, -0.1) is 0 Å². The van der Waals surface area contributed by atoms with Gasteiger partial charge in [-0.3, -0.25) is 4.89 Å². The Morgan fingerprint density at radius 2 is 2.06 bits per heavy atom. The van der Waals surface area contributed by atoms with E-state index in [0.717, 1.165) is 6.26 Å². The highest BCUT2D eigenvalue weighted by atomic mass is 17.2. The van der Waals surface area contributed by atoms with Crippen LogP contribution in [0.2, 0.25) is 0 Å². The van der Waals surface area contributed by atoms with E-state index >= 15 is 0 Å². The number of carbonyl (C=O) groups is 1. The lowest BCUT2D eigenvalue weighted by molar-refractivity contribution is -0.190. The fourth-order valence-electron chi connectivity index (χ4n) is 1.17. The molecule has 5 nitrogen and oxygen atoms in total. The number of carbonyl (C=O) groups excluding carboxylic acids is 1. The Balaban J connectivity index is 3.02. The maximum atomic E-state index is 11.5. The van der Waals surface area contributed by atoms with Crippen molar-refractivity contribution in [3.63, 3.8) is 0 Å². The Morgan fingerprint density at radius 3 is 2.62 bits per heavy atom. The number of para-hydroxylation sites is 1. The summed E-state index contributed by atoms with van der Waals surface area (Å²) in [7, 11) is 2.91. The van der Waals surface area contributed by atoms with Crippen LogP contribution in [0.25, 0.3) is 0 Å². The van der Waals surface area contributed by atoms with Crippen molar-refractivity contribution in [1.82, 2.24) is 0 Å². The molecule has 16 heavy (non-hydrogen) atoms. The monoisotopic (exact) mass is 224 g/mol. The Labute approximate surface area is 93.1 Å². The summed E-state index contributed by atoms with van der Waals surface area (Å²) in [4.78, 5) is 20.3. The van der Waals surface area contributed by atoms with Gasteiger partial charge in [0.2, 0.25) is 0 Å². The number of ether oxygens (including phenoxy) is 2. The van der Waals surface area contributed by atoms with Crippen LogP contribution in [0.3, 0.4) is 0 Å². The maximum Gasteiger partial charge on any atom is 0.390 e. The zero-order valence-corrected chi connectivity index (χ0v) is 9.06. The molecule has 0 N–H and O–H groups in total. The topological polar surface area (TPSA) is 54.0 Å². The van der Waals surface area contributed by atoms with Gasteiger partial charge in [0.1, 0.15) is 11.8 Å². The van der Waals surface area contributed by atoms with E-state index in [9.17, 15) is 4.79 Å². The molecule has 0 aliphatic heterocycles. The van der Waals surface area contributed by atoms with Gasteiger partial charge in [-0.25, -0.2) is 9.68 Å². The van der Waals surface area contributed by atoms with Crippen molar-refractivity contribution in [2.24, 2.45) is 0 Å². The van der Waals surface area contributed by atoms with Crippen LogP contribution in [0.1, 0.15) is 10.4 Å². The van der Waals surface area contributed by atoms with Gasteiger partial charge in [0.15, 0.2) is 11.5 Å². The standard InChI is InChI=1S/C11H12O5/c1-4-15-16-11(12)8-6-5-7-9(13-2)10(8)14-3/h4-7H,1H2,2-3H3. The van der Waals surface area contributed by atoms with Crippen LogP contribution in [-0.4, -0.2) is 20.2 Å². The van der Waals surface area contributed by atoms with E-state index in [4.69, 9.17) is 9.47 Å². The summed E-state index contributed by atoms with van der Waals surface area (Å²) >= 11 is 0. The zero-order chi connectivity index (χ0) is 12.0. The first kappa shape index (κ1) is 11.9. The molecular weight excluding hydrogens is 212 g/mol. The van der Waals surface area contributed by atoms with Crippen molar-refractivity contribution in [1.29, 1.82) is 0 Å². The van der Waals surface area contributed by atoms with Crippen LogP contribution in [-0.2, 0) is 9.78 Å². The molecule has 0 heterocycles. The number of rotatable bonds is 5. The lowest BCUT2D eigenvalue weighted by Gasteiger charge is -2.10. The van der Waals surface area contributed by atoms with E-state index in [1.165, 1.54) is 20.3 Å². The normalized spacial score (nSPS) is 9.12. The van der Waals surface area contributed by atoms with E-state index in [2.05, 4.69) is 16.4 Å². The fourth-order valence-corrected chi connectivity index (χ4v) is 1.17. The van der Waals surface area contributed by atoms with Crippen molar-refractivity contribution in [2.75, 3.05) is 14.2 Å². The van der Waals surface area contributed by atoms with Crippen LogP contribution >= 0.6 is 0 Å². The van der Waals surface area contributed by atoms with E-state index in [-0.39, 0.29) is 5.56 Å². The first-order valence-electron chi connectivity index (χ1n) is 4.44.